The van der Waals surface area contributed by atoms with Gasteiger partial charge in [0.1, 0.15) is 5.75 Å². The van der Waals surface area contributed by atoms with Crippen LogP contribution < -0.4 is 9.46 Å². The minimum Gasteiger partial charge on any atom is -0.494 e. The molecule has 0 aromatic heterocycles. The van der Waals surface area contributed by atoms with Crippen molar-refractivity contribution in [2.24, 2.45) is 5.92 Å². The van der Waals surface area contributed by atoms with Gasteiger partial charge in [-0.25, -0.2) is 13.1 Å². The highest BCUT2D eigenvalue weighted by Crippen LogP contribution is 2.50. The molecule has 2 aromatic rings. The molecule has 1 fully saturated rings. The second-order valence-corrected chi connectivity index (χ2v) is 11.0. The Morgan fingerprint density at radius 3 is 2.58 bits per heavy atom. The standard InChI is InChI=1S/C26H33NO5S/c1-31-25(28)22-11-14-26(15-12-22)13-10-21-8-9-23(18-24(21)26)32-17-5-16-27-33(29,30)19-20-6-3-2-4-7-20/h2-4,6-9,18,22,27H,5,10-17,19H2,1H3. The predicted molar refractivity (Wildman–Crippen MR) is 128 cm³/mol. The zero-order chi connectivity index (χ0) is 23.3. The van der Waals surface area contributed by atoms with Crippen molar-refractivity contribution in [1.82, 2.24) is 4.72 Å². The van der Waals surface area contributed by atoms with Crippen LogP contribution in [0.25, 0.3) is 0 Å². The van der Waals surface area contributed by atoms with E-state index in [0.717, 1.165) is 49.8 Å². The van der Waals surface area contributed by atoms with Crippen LogP contribution in [0.2, 0.25) is 0 Å². The molecule has 2 aromatic carbocycles. The minimum atomic E-state index is -3.36. The van der Waals surface area contributed by atoms with Crippen LogP contribution >= 0.6 is 0 Å². The van der Waals surface area contributed by atoms with E-state index in [1.807, 2.05) is 36.4 Å². The number of fused-ring (bicyclic) bond motifs is 2. The number of rotatable bonds is 9. The number of carbonyl (C=O) groups is 1. The number of carbonyl (C=O) groups excluding carboxylic acids is 1. The highest BCUT2D eigenvalue weighted by molar-refractivity contribution is 7.88. The predicted octanol–water partition coefficient (Wildman–Crippen LogP) is 4.12. The SMILES string of the molecule is COC(=O)C1CCC2(CCc3ccc(OCCCNS(=O)(=O)Cc4ccccc4)cc32)CC1. The summed E-state index contributed by atoms with van der Waals surface area (Å²) in [4.78, 5) is 11.9. The van der Waals surface area contributed by atoms with Gasteiger partial charge in [0.15, 0.2) is 0 Å². The maximum Gasteiger partial charge on any atom is 0.308 e. The number of hydrogen-bond donors (Lipinski definition) is 1. The molecular weight excluding hydrogens is 438 g/mol. The van der Waals surface area contributed by atoms with Gasteiger partial charge in [-0.1, -0.05) is 36.4 Å². The normalized spacial score (nSPS) is 22.2. The lowest BCUT2D eigenvalue weighted by molar-refractivity contribution is -0.147. The fraction of sp³-hybridized carbons (Fsp3) is 0.500. The lowest BCUT2D eigenvalue weighted by atomic mass is 9.67. The number of esters is 1. The molecule has 0 unspecified atom stereocenters. The maximum atomic E-state index is 12.2. The van der Waals surface area contributed by atoms with E-state index in [9.17, 15) is 13.2 Å². The summed E-state index contributed by atoms with van der Waals surface area (Å²) < 4.78 is 38.0. The first-order valence-electron chi connectivity index (χ1n) is 11.8. The van der Waals surface area contributed by atoms with Crippen molar-refractivity contribution in [2.45, 2.75) is 56.1 Å². The van der Waals surface area contributed by atoms with Crippen molar-refractivity contribution < 1.29 is 22.7 Å². The quantitative estimate of drug-likeness (QED) is 0.439. The minimum absolute atomic E-state index is 0.0154. The molecule has 2 aliphatic carbocycles. The zero-order valence-corrected chi connectivity index (χ0v) is 20.0. The number of ether oxygens (including phenoxy) is 2. The molecule has 0 atom stereocenters. The van der Waals surface area contributed by atoms with Gasteiger partial charge in [0.2, 0.25) is 10.0 Å². The average molecular weight is 472 g/mol. The molecule has 0 aliphatic heterocycles. The Hall–Kier alpha value is -2.38. The van der Waals surface area contributed by atoms with E-state index in [-0.39, 0.29) is 23.1 Å². The summed E-state index contributed by atoms with van der Waals surface area (Å²) in [6, 6.07) is 15.5. The molecule has 7 heteroatoms. The molecule has 4 rings (SSSR count). The van der Waals surface area contributed by atoms with Crippen LogP contribution in [0.3, 0.4) is 0 Å². The molecule has 33 heavy (non-hydrogen) atoms. The van der Waals surface area contributed by atoms with Crippen molar-refractivity contribution >= 4 is 16.0 Å². The zero-order valence-electron chi connectivity index (χ0n) is 19.2. The van der Waals surface area contributed by atoms with E-state index in [1.54, 1.807) is 0 Å². The van der Waals surface area contributed by atoms with E-state index in [1.165, 1.54) is 18.2 Å². The largest absolute Gasteiger partial charge is 0.494 e. The summed E-state index contributed by atoms with van der Waals surface area (Å²) in [5, 5.41) is 0. The highest BCUT2D eigenvalue weighted by Gasteiger charge is 2.43. The van der Waals surface area contributed by atoms with Crippen LogP contribution in [0.4, 0.5) is 0 Å². The molecule has 0 heterocycles. The number of sulfonamides is 1. The van der Waals surface area contributed by atoms with Crippen molar-refractivity contribution in [3.63, 3.8) is 0 Å². The van der Waals surface area contributed by atoms with Crippen LogP contribution in [0.5, 0.6) is 5.75 Å². The van der Waals surface area contributed by atoms with Crippen LogP contribution in [-0.2, 0) is 37.1 Å². The Labute approximate surface area is 196 Å². The summed E-state index contributed by atoms with van der Waals surface area (Å²) >= 11 is 0. The van der Waals surface area contributed by atoms with Gasteiger partial charge in [-0.2, -0.15) is 0 Å². The van der Waals surface area contributed by atoms with Crippen molar-refractivity contribution in [2.75, 3.05) is 20.3 Å². The van der Waals surface area contributed by atoms with Gasteiger partial charge in [-0.15, -0.1) is 0 Å². The van der Waals surface area contributed by atoms with Gasteiger partial charge in [0, 0.05) is 6.54 Å². The average Bonchev–Trinajstić information content (AvgIpc) is 3.16. The molecule has 0 amide bonds. The third-order valence-electron chi connectivity index (χ3n) is 7.11. The van der Waals surface area contributed by atoms with Crippen LogP contribution in [0, 0.1) is 5.92 Å². The van der Waals surface area contributed by atoms with Gasteiger partial charge < -0.3 is 9.47 Å². The number of nitrogens with one attached hydrogen (secondary N) is 1. The van der Waals surface area contributed by atoms with Crippen molar-refractivity contribution in [3.8, 4) is 5.75 Å². The third kappa shape index (κ3) is 5.76. The fourth-order valence-electron chi connectivity index (χ4n) is 5.29. The molecular formula is C26H33NO5S. The van der Waals surface area contributed by atoms with E-state index < -0.39 is 10.0 Å². The summed E-state index contributed by atoms with van der Waals surface area (Å²) in [6.07, 6.45) is 6.56. The van der Waals surface area contributed by atoms with E-state index in [0.29, 0.717) is 19.6 Å². The van der Waals surface area contributed by atoms with Gasteiger partial charge in [-0.05, 0) is 79.2 Å². The monoisotopic (exact) mass is 471 g/mol. The van der Waals surface area contributed by atoms with Gasteiger partial charge in [0.05, 0.1) is 25.4 Å². The first-order chi connectivity index (χ1) is 15.9. The summed E-state index contributed by atoms with van der Waals surface area (Å²) in [5.74, 6) is 0.755. The van der Waals surface area contributed by atoms with Crippen molar-refractivity contribution in [1.29, 1.82) is 0 Å². The molecule has 0 saturated heterocycles. The molecule has 1 spiro atoms. The van der Waals surface area contributed by atoms with E-state index in [4.69, 9.17) is 9.47 Å². The van der Waals surface area contributed by atoms with Gasteiger partial charge >= 0.3 is 5.97 Å². The van der Waals surface area contributed by atoms with Crippen LogP contribution in [0.15, 0.2) is 48.5 Å². The Bertz CT molecular complexity index is 1060. The highest BCUT2D eigenvalue weighted by atomic mass is 32.2. The van der Waals surface area contributed by atoms with Crippen LogP contribution in [-0.4, -0.2) is 34.6 Å². The van der Waals surface area contributed by atoms with Gasteiger partial charge in [0.25, 0.3) is 0 Å². The Morgan fingerprint density at radius 2 is 1.85 bits per heavy atom. The molecule has 1 saturated carbocycles. The molecule has 178 valence electrons. The Kier molecular flexibility index (Phi) is 7.39. The molecule has 0 bridgehead atoms. The lowest BCUT2D eigenvalue weighted by Gasteiger charge is -2.37. The van der Waals surface area contributed by atoms with E-state index >= 15 is 0 Å². The molecule has 1 N–H and O–H groups in total. The maximum absolute atomic E-state index is 12.2. The van der Waals surface area contributed by atoms with Gasteiger partial charge in [-0.3, -0.25) is 4.79 Å². The molecule has 2 aliphatic rings. The summed E-state index contributed by atoms with van der Waals surface area (Å²) in [5.41, 5.74) is 3.67. The second kappa shape index (κ2) is 10.3. The Morgan fingerprint density at radius 1 is 1.09 bits per heavy atom. The number of hydrogen-bond acceptors (Lipinski definition) is 5. The smallest absolute Gasteiger partial charge is 0.308 e. The Balaban J connectivity index is 1.27. The number of aryl methyl sites for hydroxylation is 1. The number of benzene rings is 2. The molecule has 0 radical (unpaired) electrons. The summed E-state index contributed by atoms with van der Waals surface area (Å²) in [6.45, 7) is 0.795. The third-order valence-corrected chi connectivity index (χ3v) is 8.47. The summed E-state index contributed by atoms with van der Waals surface area (Å²) in [7, 11) is -1.89. The first-order valence-corrected chi connectivity index (χ1v) is 13.4. The fourth-order valence-corrected chi connectivity index (χ4v) is 6.48. The lowest BCUT2D eigenvalue weighted by Crippen LogP contribution is -2.32. The number of methoxy groups -OCH3 is 1. The molecule has 6 nitrogen and oxygen atoms in total. The first kappa shape index (κ1) is 23.8. The van der Waals surface area contributed by atoms with Crippen LogP contribution in [0.1, 0.15) is 55.2 Å². The van der Waals surface area contributed by atoms with E-state index in [2.05, 4.69) is 16.9 Å². The second-order valence-electron chi connectivity index (χ2n) is 9.24. The van der Waals surface area contributed by atoms with Crippen molar-refractivity contribution in [3.05, 3.63) is 65.2 Å². The topological polar surface area (TPSA) is 81.7 Å².